The van der Waals surface area contributed by atoms with Crippen LogP contribution in [0.1, 0.15) is 33.2 Å². The lowest BCUT2D eigenvalue weighted by Crippen LogP contribution is -2.06. The molecule has 2 aromatic carbocycles. The molecule has 36 heavy (non-hydrogen) atoms. The van der Waals surface area contributed by atoms with Crippen molar-refractivity contribution in [1.82, 2.24) is 9.13 Å². The first-order chi connectivity index (χ1) is 17.5. The van der Waals surface area contributed by atoms with Crippen LogP contribution in [0.3, 0.4) is 0 Å². The van der Waals surface area contributed by atoms with E-state index in [1.54, 1.807) is 13.8 Å². The summed E-state index contributed by atoms with van der Waals surface area (Å²) < 4.78 is 15.4. The van der Waals surface area contributed by atoms with Gasteiger partial charge < -0.3 is 9.47 Å². The Morgan fingerprint density at radius 3 is 1.42 bits per heavy atom. The molecule has 0 bridgehead atoms. The molecule has 0 spiro atoms. The number of hydrogen-bond acceptors (Lipinski definition) is 10. The maximum atomic E-state index is 12.8. The number of thiazole rings is 2. The second-order valence-electron chi connectivity index (χ2n) is 6.95. The normalized spacial score (nSPS) is 10.8. The molecule has 4 rings (SSSR count). The number of esters is 2. The maximum absolute atomic E-state index is 12.8. The summed E-state index contributed by atoms with van der Waals surface area (Å²) in [6, 6.07) is 19.2. The van der Waals surface area contributed by atoms with Gasteiger partial charge in [0.15, 0.2) is 7.91 Å². The Morgan fingerprint density at radius 2 is 1.08 bits per heavy atom. The van der Waals surface area contributed by atoms with Crippen LogP contribution in [0.15, 0.2) is 70.7 Å². The molecule has 186 valence electrons. The standard InChI is InChI=1S/C24H20N2O4S6/c1-3-29-21(27)17-19(25(23(31)33-17)15-11-7-5-8-12-15)35-36-20-18(22(28)30-4-2)34-24(32)26(20)16-13-9-6-10-14-16/h5-14H,3-4H2,1-2H3. The lowest BCUT2D eigenvalue weighted by atomic mass is 10.3. The fraction of sp³-hybridized carbons (Fsp3) is 0.167. The Labute approximate surface area is 234 Å². The zero-order valence-corrected chi connectivity index (χ0v) is 24.1. The maximum Gasteiger partial charge on any atom is 0.351 e. The van der Waals surface area contributed by atoms with Gasteiger partial charge in [-0.25, -0.2) is 9.59 Å². The third-order valence-electron chi connectivity index (χ3n) is 4.69. The van der Waals surface area contributed by atoms with Crippen LogP contribution in [0, 0.1) is 7.91 Å². The van der Waals surface area contributed by atoms with Crippen LogP contribution < -0.4 is 0 Å². The van der Waals surface area contributed by atoms with Gasteiger partial charge in [-0.1, -0.05) is 59.1 Å². The summed E-state index contributed by atoms with van der Waals surface area (Å²) >= 11 is 13.7. The number of benzene rings is 2. The highest BCUT2D eigenvalue weighted by Gasteiger charge is 2.26. The second kappa shape index (κ2) is 12.3. The molecule has 0 aliphatic rings. The Kier molecular flexibility index (Phi) is 9.20. The third-order valence-corrected chi connectivity index (χ3v) is 10.0. The Morgan fingerprint density at radius 1 is 0.722 bits per heavy atom. The number of carbonyl (C=O) groups is 2. The van der Waals surface area contributed by atoms with Crippen molar-refractivity contribution in [3.63, 3.8) is 0 Å². The highest BCUT2D eigenvalue weighted by Crippen LogP contribution is 2.46. The number of hydrogen-bond donors (Lipinski definition) is 0. The van der Waals surface area contributed by atoms with E-state index in [0.29, 0.717) is 27.7 Å². The fourth-order valence-corrected chi connectivity index (χ4v) is 9.15. The van der Waals surface area contributed by atoms with Crippen LogP contribution in [0.25, 0.3) is 11.4 Å². The fourth-order valence-electron chi connectivity index (χ4n) is 3.20. The summed E-state index contributed by atoms with van der Waals surface area (Å²) in [5, 5.41) is 1.23. The van der Waals surface area contributed by atoms with E-state index in [0.717, 1.165) is 11.4 Å². The van der Waals surface area contributed by atoms with Crippen molar-refractivity contribution >= 4 is 80.6 Å². The van der Waals surface area contributed by atoms with Gasteiger partial charge in [0.25, 0.3) is 0 Å². The average molecular weight is 593 g/mol. The molecule has 12 heteroatoms. The van der Waals surface area contributed by atoms with Crippen molar-refractivity contribution in [2.45, 2.75) is 23.9 Å². The molecule has 0 fully saturated rings. The molecule has 0 amide bonds. The van der Waals surface area contributed by atoms with Crippen molar-refractivity contribution in [2.24, 2.45) is 0 Å². The minimum absolute atomic E-state index is 0.247. The van der Waals surface area contributed by atoms with Gasteiger partial charge in [0.05, 0.1) is 13.2 Å². The van der Waals surface area contributed by atoms with Crippen molar-refractivity contribution in [1.29, 1.82) is 0 Å². The Bertz CT molecular complexity index is 1370. The molecule has 2 heterocycles. The molecule has 0 aliphatic heterocycles. The molecule has 0 N–H and O–H groups in total. The topological polar surface area (TPSA) is 62.5 Å². The van der Waals surface area contributed by atoms with E-state index in [4.69, 9.17) is 33.9 Å². The lowest BCUT2D eigenvalue weighted by molar-refractivity contribution is 0.0517. The number of para-hydroxylation sites is 2. The zero-order chi connectivity index (χ0) is 25.7. The highest BCUT2D eigenvalue weighted by molar-refractivity contribution is 8.76. The van der Waals surface area contributed by atoms with Crippen molar-refractivity contribution in [3.05, 3.63) is 78.3 Å². The van der Waals surface area contributed by atoms with E-state index in [9.17, 15) is 9.59 Å². The van der Waals surface area contributed by atoms with E-state index in [2.05, 4.69) is 0 Å². The molecule has 2 aromatic heterocycles. The molecule has 6 nitrogen and oxygen atoms in total. The number of ether oxygens (including phenoxy) is 2. The van der Waals surface area contributed by atoms with Crippen molar-refractivity contribution in [3.8, 4) is 11.4 Å². The van der Waals surface area contributed by atoms with Gasteiger partial charge in [-0.15, -0.1) is 0 Å². The lowest BCUT2D eigenvalue weighted by Gasteiger charge is -2.12. The molecule has 0 atom stereocenters. The summed E-state index contributed by atoms with van der Waals surface area (Å²) in [6.07, 6.45) is 0. The number of carbonyl (C=O) groups excluding carboxylic acids is 2. The van der Waals surface area contributed by atoms with Crippen LogP contribution in [0.5, 0.6) is 0 Å². The molecule has 0 saturated carbocycles. The van der Waals surface area contributed by atoms with Gasteiger partial charge in [0.1, 0.15) is 19.8 Å². The molecule has 4 aromatic rings. The predicted molar refractivity (Wildman–Crippen MR) is 153 cm³/mol. The van der Waals surface area contributed by atoms with Gasteiger partial charge in [-0.3, -0.25) is 9.13 Å². The Hall–Kier alpha value is -2.22. The third kappa shape index (κ3) is 5.68. The average Bonchev–Trinajstić information content (AvgIpc) is 3.40. The smallest absolute Gasteiger partial charge is 0.351 e. The van der Waals surface area contributed by atoms with Crippen molar-refractivity contribution < 1.29 is 19.1 Å². The van der Waals surface area contributed by atoms with E-state index in [1.807, 2.05) is 69.8 Å². The monoisotopic (exact) mass is 592 g/mol. The van der Waals surface area contributed by atoms with E-state index in [-0.39, 0.29) is 13.2 Å². The molecular weight excluding hydrogens is 573 g/mol. The van der Waals surface area contributed by atoms with Crippen LogP contribution in [0.2, 0.25) is 0 Å². The van der Waals surface area contributed by atoms with Crippen LogP contribution in [-0.4, -0.2) is 34.3 Å². The van der Waals surface area contributed by atoms with E-state index >= 15 is 0 Å². The first kappa shape index (κ1) is 26.8. The zero-order valence-electron chi connectivity index (χ0n) is 19.2. The molecule has 0 radical (unpaired) electrons. The van der Waals surface area contributed by atoms with Crippen LogP contribution >= 0.6 is 68.7 Å². The minimum Gasteiger partial charge on any atom is -0.462 e. The van der Waals surface area contributed by atoms with Gasteiger partial charge >= 0.3 is 11.9 Å². The van der Waals surface area contributed by atoms with Gasteiger partial charge in [0.2, 0.25) is 0 Å². The summed E-state index contributed by atoms with van der Waals surface area (Å²) in [4.78, 5) is 26.5. The quantitative estimate of drug-likeness (QED) is 0.110. The molecule has 0 saturated heterocycles. The van der Waals surface area contributed by atoms with E-state index in [1.165, 1.54) is 44.3 Å². The highest BCUT2D eigenvalue weighted by atomic mass is 33.1. The Balaban J connectivity index is 1.84. The summed E-state index contributed by atoms with van der Waals surface area (Å²) in [7, 11) is 2.65. The second-order valence-corrected chi connectivity index (χ2v) is 12.3. The van der Waals surface area contributed by atoms with Gasteiger partial charge in [0, 0.05) is 11.4 Å². The summed E-state index contributed by atoms with van der Waals surface area (Å²) in [5.74, 6) is -0.885. The van der Waals surface area contributed by atoms with Crippen LogP contribution in [0.4, 0.5) is 0 Å². The molecule has 0 aliphatic carbocycles. The minimum atomic E-state index is -0.442. The molecule has 0 unspecified atom stereocenters. The largest absolute Gasteiger partial charge is 0.462 e. The number of aromatic nitrogens is 2. The first-order valence-corrected chi connectivity index (χ1v) is 15.4. The molecular formula is C24H20N2O4S6. The SMILES string of the molecule is CCOC(=O)c1sc(=S)n(-c2ccccc2)c1SSc1c(C(=O)OCC)sc(=S)n1-c1ccccc1. The van der Waals surface area contributed by atoms with Crippen molar-refractivity contribution in [2.75, 3.05) is 13.2 Å². The van der Waals surface area contributed by atoms with Gasteiger partial charge in [-0.2, -0.15) is 0 Å². The van der Waals surface area contributed by atoms with Crippen LogP contribution in [-0.2, 0) is 9.47 Å². The van der Waals surface area contributed by atoms with E-state index < -0.39 is 11.9 Å². The summed E-state index contributed by atoms with van der Waals surface area (Å²) in [6.45, 7) is 4.02. The predicted octanol–water partition coefficient (Wildman–Crippen LogP) is 8.00. The first-order valence-electron chi connectivity index (χ1n) is 10.8. The number of nitrogens with zero attached hydrogens (tertiary/aromatic N) is 2. The number of rotatable bonds is 9. The summed E-state index contributed by atoms with van der Waals surface area (Å²) in [5.41, 5.74) is 1.65. The van der Waals surface area contributed by atoms with Gasteiger partial charge in [-0.05, 0) is 84.1 Å².